The summed E-state index contributed by atoms with van der Waals surface area (Å²) in [7, 11) is -3.27. The average molecular weight is 462 g/mol. The van der Waals surface area contributed by atoms with E-state index in [1.807, 2.05) is 18.2 Å². The van der Waals surface area contributed by atoms with Crippen LogP contribution in [-0.2, 0) is 32.7 Å². The van der Waals surface area contributed by atoms with Gasteiger partial charge in [0.15, 0.2) is 0 Å². The fraction of sp³-hybridized carbons (Fsp3) is 0.571. The zero-order chi connectivity index (χ0) is 22.5. The van der Waals surface area contributed by atoms with Crippen LogP contribution in [0, 0.1) is 0 Å². The molecule has 0 radical (unpaired) electrons. The van der Waals surface area contributed by atoms with Crippen LogP contribution in [0.1, 0.15) is 34.3 Å². The molecule has 0 aliphatic carbocycles. The van der Waals surface area contributed by atoms with Crippen molar-refractivity contribution in [2.45, 2.75) is 37.2 Å². The molecule has 4 aliphatic heterocycles. The highest BCUT2D eigenvalue weighted by Gasteiger charge is 2.42. The van der Waals surface area contributed by atoms with Crippen LogP contribution in [-0.4, -0.2) is 90.8 Å². The maximum atomic E-state index is 13.0. The van der Waals surface area contributed by atoms with Gasteiger partial charge in [0.2, 0.25) is 21.8 Å². The number of piperidine rings is 1. The number of amides is 3. The SMILES string of the molecule is O=C1CCC(N2Cc3ccc(CN4CC(S(=O)(=O)N5CCNCC5)C4)cc3C2=O)C(=O)N1. The van der Waals surface area contributed by atoms with Gasteiger partial charge in [-0.2, -0.15) is 4.31 Å². The van der Waals surface area contributed by atoms with Gasteiger partial charge < -0.3 is 10.2 Å². The van der Waals surface area contributed by atoms with Crippen LogP contribution in [0.5, 0.6) is 0 Å². The van der Waals surface area contributed by atoms with E-state index in [-0.39, 0.29) is 23.5 Å². The number of nitrogens with zero attached hydrogens (tertiary/aromatic N) is 3. The van der Waals surface area contributed by atoms with Crippen LogP contribution in [0.25, 0.3) is 0 Å². The normalized spacial score (nSPS) is 25.6. The minimum Gasteiger partial charge on any atom is -0.322 e. The molecule has 10 nitrogen and oxygen atoms in total. The average Bonchev–Trinajstić information content (AvgIpc) is 3.07. The molecule has 172 valence electrons. The van der Waals surface area contributed by atoms with Crippen LogP contribution >= 0.6 is 0 Å². The molecule has 1 aromatic rings. The molecule has 1 unspecified atom stereocenters. The second-order valence-electron chi connectivity index (χ2n) is 8.90. The Morgan fingerprint density at radius 1 is 1.06 bits per heavy atom. The Bertz CT molecular complexity index is 1060. The second-order valence-corrected chi connectivity index (χ2v) is 11.1. The highest BCUT2D eigenvalue weighted by atomic mass is 32.2. The highest BCUT2D eigenvalue weighted by molar-refractivity contribution is 7.89. The largest absolute Gasteiger partial charge is 0.322 e. The molecule has 1 aromatic carbocycles. The number of rotatable bonds is 5. The molecule has 3 saturated heterocycles. The van der Waals surface area contributed by atoms with E-state index >= 15 is 0 Å². The van der Waals surface area contributed by atoms with Gasteiger partial charge in [0, 0.05) is 64.3 Å². The van der Waals surface area contributed by atoms with Gasteiger partial charge in [-0.05, 0) is 23.6 Å². The molecule has 0 saturated carbocycles. The Kier molecular flexibility index (Phi) is 5.52. The van der Waals surface area contributed by atoms with Crippen LogP contribution < -0.4 is 10.6 Å². The number of sulfonamides is 1. The minimum atomic E-state index is -3.27. The third-order valence-corrected chi connectivity index (χ3v) is 9.01. The van der Waals surface area contributed by atoms with Crippen molar-refractivity contribution >= 4 is 27.7 Å². The van der Waals surface area contributed by atoms with Crippen molar-refractivity contribution in [3.8, 4) is 0 Å². The number of hydrogen-bond donors (Lipinski definition) is 2. The summed E-state index contributed by atoms with van der Waals surface area (Å²) in [6, 6.07) is 5.09. The second kappa shape index (κ2) is 8.22. The highest BCUT2D eigenvalue weighted by Crippen LogP contribution is 2.29. The first-order valence-corrected chi connectivity index (χ1v) is 12.5. The first kappa shape index (κ1) is 21.5. The molecule has 4 heterocycles. The van der Waals surface area contributed by atoms with Crippen molar-refractivity contribution in [1.29, 1.82) is 0 Å². The topological polar surface area (TPSA) is 119 Å². The van der Waals surface area contributed by atoms with E-state index in [9.17, 15) is 22.8 Å². The predicted octanol–water partition coefficient (Wildman–Crippen LogP) is -1.13. The summed E-state index contributed by atoms with van der Waals surface area (Å²) in [6.07, 6.45) is 0.572. The van der Waals surface area contributed by atoms with Crippen molar-refractivity contribution in [2.24, 2.45) is 0 Å². The van der Waals surface area contributed by atoms with E-state index in [4.69, 9.17) is 0 Å². The standard InChI is InChI=1S/C21H27N5O5S/c27-19-4-3-18(20(28)23-19)26-11-15-2-1-14(9-17(15)21(26)29)10-24-12-16(13-24)32(30,31)25-7-5-22-6-8-25/h1-2,9,16,18,22H,3-8,10-13H2,(H,23,27,28). The third kappa shape index (κ3) is 3.83. The molecule has 5 rings (SSSR count). The summed E-state index contributed by atoms with van der Waals surface area (Å²) in [5.74, 6) is -0.913. The monoisotopic (exact) mass is 461 g/mol. The zero-order valence-electron chi connectivity index (χ0n) is 17.7. The number of likely N-dealkylation sites (tertiary alicyclic amines) is 1. The van der Waals surface area contributed by atoms with E-state index in [0.717, 1.165) is 11.1 Å². The summed E-state index contributed by atoms with van der Waals surface area (Å²) in [6.45, 7) is 4.33. The fourth-order valence-corrected chi connectivity index (χ4v) is 6.82. The Balaban J connectivity index is 1.21. The maximum Gasteiger partial charge on any atom is 0.255 e. The van der Waals surface area contributed by atoms with E-state index in [0.29, 0.717) is 64.3 Å². The number of hydrogen-bond acceptors (Lipinski definition) is 7. The number of fused-ring (bicyclic) bond motifs is 1. The van der Waals surface area contributed by atoms with Gasteiger partial charge in [-0.15, -0.1) is 0 Å². The Morgan fingerprint density at radius 2 is 1.81 bits per heavy atom. The van der Waals surface area contributed by atoms with Crippen LogP contribution in [0.4, 0.5) is 0 Å². The van der Waals surface area contributed by atoms with Gasteiger partial charge >= 0.3 is 0 Å². The molecule has 0 bridgehead atoms. The number of carbonyl (C=O) groups is 3. The summed E-state index contributed by atoms with van der Waals surface area (Å²) in [4.78, 5) is 40.2. The van der Waals surface area contributed by atoms with Crippen LogP contribution in [0.15, 0.2) is 18.2 Å². The van der Waals surface area contributed by atoms with Crippen LogP contribution in [0.2, 0.25) is 0 Å². The summed E-state index contributed by atoms with van der Waals surface area (Å²) in [5.41, 5.74) is 2.39. The zero-order valence-corrected chi connectivity index (χ0v) is 18.6. The fourth-order valence-electron chi connectivity index (χ4n) is 4.91. The number of benzene rings is 1. The van der Waals surface area contributed by atoms with Gasteiger partial charge in [0.1, 0.15) is 11.3 Å². The van der Waals surface area contributed by atoms with Crippen molar-refractivity contribution in [3.05, 3.63) is 34.9 Å². The quantitative estimate of drug-likeness (QED) is 0.533. The van der Waals surface area contributed by atoms with E-state index in [2.05, 4.69) is 15.5 Å². The predicted molar refractivity (Wildman–Crippen MR) is 115 cm³/mol. The Labute approximate surface area is 187 Å². The lowest BCUT2D eigenvalue weighted by atomic mass is 10.0. The molecule has 0 aromatic heterocycles. The minimum absolute atomic E-state index is 0.195. The number of piperazine rings is 1. The maximum absolute atomic E-state index is 13.0. The summed E-state index contributed by atoms with van der Waals surface area (Å²) < 4.78 is 27.1. The molecule has 32 heavy (non-hydrogen) atoms. The first-order chi connectivity index (χ1) is 15.3. The van der Waals surface area contributed by atoms with Gasteiger partial charge in [0.25, 0.3) is 5.91 Å². The van der Waals surface area contributed by atoms with Gasteiger partial charge in [-0.3, -0.25) is 24.6 Å². The lowest BCUT2D eigenvalue weighted by Gasteiger charge is -2.41. The Hall–Kier alpha value is -2.34. The molecule has 11 heteroatoms. The van der Waals surface area contributed by atoms with E-state index in [1.54, 1.807) is 4.31 Å². The summed E-state index contributed by atoms with van der Waals surface area (Å²) in [5, 5.41) is 5.11. The molecule has 1 atom stereocenters. The molecule has 3 fully saturated rings. The smallest absolute Gasteiger partial charge is 0.255 e. The van der Waals surface area contributed by atoms with Crippen molar-refractivity contribution in [1.82, 2.24) is 24.7 Å². The molecule has 2 N–H and O–H groups in total. The van der Waals surface area contributed by atoms with Gasteiger partial charge in [0.05, 0.1) is 0 Å². The summed E-state index contributed by atoms with van der Waals surface area (Å²) >= 11 is 0. The number of carbonyl (C=O) groups excluding carboxylic acids is 3. The first-order valence-electron chi connectivity index (χ1n) is 11.0. The van der Waals surface area contributed by atoms with Crippen LogP contribution in [0.3, 0.4) is 0 Å². The third-order valence-electron chi connectivity index (χ3n) is 6.78. The van der Waals surface area contributed by atoms with Crippen molar-refractivity contribution < 1.29 is 22.8 Å². The Morgan fingerprint density at radius 3 is 2.53 bits per heavy atom. The molecule has 0 spiro atoms. The molecular weight excluding hydrogens is 434 g/mol. The number of nitrogens with one attached hydrogen (secondary N) is 2. The number of imide groups is 1. The van der Waals surface area contributed by atoms with Crippen molar-refractivity contribution in [2.75, 3.05) is 39.3 Å². The lowest BCUT2D eigenvalue weighted by molar-refractivity contribution is -0.136. The van der Waals surface area contributed by atoms with E-state index < -0.39 is 22.0 Å². The van der Waals surface area contributed by atoms with Crippen molar-refractivity contribution in [3.63, 3.8) is 0 Å². The van der Waals surface area contributed by atoms with Gasteiger partial charge in [-0.25, -0.2) is 8.42 Å². The van der Waals surface area contributed by atoms with E-state index in [1.165, 1.54) is 4.90 Å². The lowest BCUT2D eigenvalue weighted by Crippen LogP contribution is -2.59. The molecule has 3 amide bonds. The molecular formula is C21H27N5O5S. The molecule has 4 aliphatic rings. The van der Waals surface area contributed by atoms with Gasteiger partial charge in [-0.1, -0.05) is 12.1 Å².